The molecule has 0 aliphatic rings. The van der Waals surface area contributed by atoms with Gasteiger partial charge in [0.05, 0.1) is 22.6 Å². The van der Waals surface area contributed by atoms with Gasteiger partial charge in [-0.25, -0.2) is 9.97 Å². The van der Waals surface area contributed by atoms with Gasteiger partial charge in [0.25, 0.3) is 0 Å². The number of halogens is 1. The molecule has 174 valence electrons. The van der Waals surface area contributed by atoms with Crippen molar-refractivity contribution in [3.05, 3.63) is 94.0 Å². The van der Waals surface area contributed by atoms with E-state index in [0.717, 1.165) is 55.7 Å². The van der Waals surface area contributed by atoms with Crippen LogP contribution in [-0.4, -0.2) is 15.0 Å². The molecule has 0 amide bonds. The van der Waals surface area contributed by atoms with Gasteiger partial charge in [-0.1, -0.05) is 68.8 Å². The lowest BCUT2D eigenvalue weighted by Gasteiger charge is -2.23. The first-order chi connectivity index (χ1) is 16.1. The van der Waals surface area contributed by atoms with Crippen LogP contribution in [0, 0.1) is 20.8 Å². The molecule has 0 aliphatic heterocycles. The van der Waals surface area contributed by atoms with Gasteiger partial charge in [0, 0.05) is 22.8 Å². The predicted molar refractivity (Wildman–Crippen MR) is 139 cm³/mol. The Bertz CT molecular complexity index is 1330. The summed E-state index contributed by atoms with van der Waals surface area (Å²) >= 11 is 6.73. The number of aryl methyl sites for hydroxylation is 3. The molecule has 2 aromatic carbocycles. The topological polar surface area (TPSA) is 47.9 Å². The molecule has 4 rings (SSSR count). The molecule has 0 fully saturated rings. The van der Waals surface area contributed by atoms with Crippen molar-refractivity contribution in [2.24, 2.45) is 0 Å². The fourth-order valence-corrected chi connectivity index (χ4v) is 4.52. The van der Waals surface area contributed by atoms with Gasteiger partial charge >= 0.3 is 0 Å². The van der Waals surface area contributed by atoms with Crippen molar-refractivity contribution >= 4 is 11.6 Å². The molecule has 0 atom stereocenters. The van der Waals surface area contributed by atoms with E-state index in [9.17, 15) is 0 Å². The van der Waals surface area contributed by atoms with E-state index in [1.807, 2.05) is 50.2 Å². The van der Waals surface area contributed by atoms with Crippen molar-refractivity contribution in [1.82, 2.24) is 15.0 Å². The molecule has 2 heterocycles. The van der Waals surface area contributed by atoms with Gasteiger partial charge in [0.1, 0.15) is 18.2 Å². The zero-order chi connectivity index (χ0) is 24.5. The number of pyridine rings is 1. The zero-order valence-corrected chi connectivity index (χ0v) is 21.4. The Kier molecular flexibility index (Phi) is 6.72. The summed E-state index contributed by atoms with van der Waals surface area (Å²) in [6, 6.07) is 18.2. The smallest absolute Gasteiger partial charge is 0.133 e. The number of benzene rings is 2. The Morgan fingerprint density at radius 1 is 0.882 bits per heavy atom. The zero-order valence-electron chi connectivity index (χ0n) is 20.6. The van der Waals surface area contributed by atoms with E-state index in [2.05, 4.69) is 55.9 Å². The van der Waals surface area contributed by atoms with Crippen LogP contribution in [0.3, 0.4) is 0 Å². The number of hydrogen-bond acceptors (Lipinski definition) is 4. The number of ether oxygens (including phenoxy) is 1. The average molecular weight is 472 g/mol. The molecule has 0 saturated heterocycles. The Balaban J connectivity index is 1.84. The highest BCUT2D eigenvalue weighted by Crippen LogP contribution is 2.39. The summed E-state index contributed by atoms with van der Waals surface area (Å²) in [5, 5.41) is 0.745. The van der Waals surface area contributed by atoms with E-state index in [0.29, 0.717) is 12.4 Å². The predicted octanol–water partition coefficient (Wildman–Crippen LogP) is 7.66. The van der Waals surface area contributed by atoms with Gasteiger partial charge in [-0.15, -0.1) is 0 Å². The minimum absolute atomic E-state index is 0.0393. The Morgan fingerprint density at radius 3 is 2.29 bits per heavy atom. The minimum Gasteiger partial charge on any atom is -0.488 e. The summed E-state index contributed by atoms with van der Waals surface area (Å²) in [5.74, 6) is 1.44. The highest BCUT2D eigenvalue weighted by Gasteiger charge is 2.21. The summed E-state index contributed by atoms with van der Waals surface area (Å²) in [7, 11) is 0. The van der Waals surface area contributed by atoms with Crippen LogP contribution in [0.15, 0.2) is 60.8 Å². The van der Waals surface area contributed by atoms with Crippen molar-refractivity contribution in [1.29, 1.82) is 0 Å². The molecule has 4 aromatic rings. The molecule has 0 aliphatic carbocycles. The number of nitrogens with zero attached hydrogens (tertiary/aromatic N) is 3. The Labute approximate surface area is 207 Å². The molecular weight excluding hydrogens is 442 g/mol. The van der Waals surface area contributed by atoms with Crippen molar-refractivity contribution in [2.45, 2.75) is 53.6 Å². The van der Waals surface area contributed by atoms with Gasteiger partial charge < -0.3 is 4.74 Å². The number of hydrogen-bond donors (Lipinski definition) is 0. The third kappa shape index (κ3) is 5.13. The second-order valence-corrected chi connectivity index (χ2v) is 10.0. The first kappa shape index (κ1) is 23.9. The van der Waals surface area contributed by atoms with Crippen molar-refractivity contribution in [3.8, 4) is 28.3 Å². The van der Waals surface area contributed by atoms with Crippen LogP contribution in [0.1, 0.15) is 49.0 Å². The second-order valence-electron chi connectivity index (χ2n) is 9.63. The molecule has 0 saturated carbocycles. The standard InChI is InChI=1S/C29H30ClN3O/c1-18-14-23(29(4,5)6)24(30)15-22(18)26-16-27(34-17-21-10-8-7-9-11-21)28(19(2)32-26)25-12-13-31-20(3)33-25/h7-16H,17H2,1-6H3. The molecule has 0 spiro atoms. The highest BCUT2D eigenvalue weighted by atomic mass is 35.5. The van der Waals surface area contributed by atoms with Gasteiger partial charge in [0.2, 0.25) is 0 Å². The summed E-state index contributed by atoms with van der Waals surface area (Å²) < 4.78 is 6.38. The third-order valence-corrected chi connectivity index (χ3v) is 6.14. The van der Waals surface area contributed by atoms with Crippen LogP contribution in [0.25, 0.3) is 22.5 Å². The molecule has 34 heavy (non-hydrogen) atoms. The van der Waals surface area contributed by atoms with E-state index in [4.69, 9.17) is 21.3 Å². The maximum absolute atomic E-state index is 6.73. The summed E-state index contributed by atoms with van der Waals surface area (Å²) in [4.78, 5) is 13.8. The molecule has 0 radical (unpaired) electrons. The van der Waals surface area contributed by atoms with Crippen molar-refractivity contribution < 1.29 is 4.74 Å². The van der Waals surface area contributed by atoms with E-state index < -0.39 is 0 Å². The van der Waals surface area contributed by atoms with E-state index in [-0.39, 0.29) is 5.41 Å². The SMILES string of the molecule is Cc1nccc(-c2c(OCc3ccccc3)cc(-c3cc(Cl)c(C(C)(C)C)cc3C)nc2C)n1. The summed E-state index contributed by atoms with van der Waals surface area (Å²) in [6.45, 7) is 12.9. The molecule has 0 unspecified atom stereocenters. The quantitative estimate of drug-likeness (QED) is 0.299. The van der Waals surface area contributed by atoms with Gasteiger partial charge in [-0.05, 0) is 55.0 Å². The largest absolute Gasteiger partial charge is 0.488 e. The monoisotopic (exact) mass is 471 g/mol. The van der Waals surface area contributed by atoms with Crippen molar-refractivity contribution in [2.75, 3.05) is 0 Å². The molecule has 0 N–H and O–H groups in total. The fourth-order valence-electron chi connectivity index (χ4n) is 4.07. The van der Waals surface area contributed by atoms with Crippen LogP contribution in [0.5, 0.6) is 5.75 Å². The molecular formula is C29H30ClN3O. The minimum atomic E-state index is -0.0393. The van der Waals surface area contributed by atoms with E-state index >= 15 is 0 Å². The van der Waals surface area contributed by atoms with Crippen molar-refractivity contribution in [3.63, 3.8) is 0 Å². The van der Waals surface area contributed by atoms with Gasteiger partial charge in [0.15, 0.2) is 0 Å². The average Bonchev–Trinajstić information content (AvgIpc) is 2.78. The molecule has 5 heteroatoms. The van der Waals surface area contributed by atoms with Crippen LogP contribution < -0.4 is 4.74 Å². The number of aromatic nitrogens is 3. The maximum atomic E-state index is 6.73. The van der Waals surface area contributed by atoms with E-state index in [1.54, 1.807) is 6.20 Å². The van der Waals surface area contributed by atoms with Gasteiger partial charge in [-0.2, -0.15) is 0 Å². The first-order valence-electron chi connectivity index (χ1n) is 11.4. The van der Waals surface area contributed by atoms with Crippen LogP contribution in [0.2, 0.25) is 5.02 Å². The first-order valence-corrected chi connectivity index (χ1v) is 11.8. The molecule has 2 aromatic heterocycles. The summed E-state index contributed by atoms with van der Waals surface area (Å²) in [6.07, 6.45) is 1.77. The molecule has 0 bridgehead atoms. The lowest BCUT2D eigenvalue weighted by molar-refractivity contribution is 0.307. The third-order valence-electron chi connectivity index (χ3n) is 5.83. The lowest BCUT2D eigenvalue weighted by atomic mass is 9.85. The maximum Gasteiger partial charge on any atom is 0.133 e. The number of rotatable bonds is 5. The normalized spacial score (nSPS) is 11.5. The molecule has 4 nitrogen and oxygen atoms in total. The highest BCUT2D eigenvalue weighted by molar-refractivity contribution is 6.31. The van der Waals surface area contributed by atoms with Crippen LogP contribution in [-0.2, 0) is 12.0 Å². The van der Waals surface area contributed by atoms with E-state index in [1.165, 1.54) is 0 Å². The Morgan fingerprint density at radius 2 is 1.62 bits per heavy atom. The van der Waals surface area contributed by atoms with Crippen LogP contribution in [0.4, 0.5) is 0 Å². The second kappa shape index (κ2) is 9.55. The van der Waals surface area contributed by atoms with Crippen LogP contribution >= 0.6 is 11.6 Å². The lowest BCUT2D eigenvalue weighted by Crippen LogP contribution is -2.12. The van der Waals surface area contributed by atoms with Gasteiger partial charge in [-0.3, -0.25) is 4.98 Å². The Hall–Kier alpha value is -3.24. The fraction of sp³-hybridized carbons (Fsp3) is 0.276. The summed E-state index contributed by atoms with van der Waals surface area (Å²) in [5.41, 5.74) is 7.65.